The first-order valence-electron chi connectivity index (χ1n) is 6.84. The van der Waals surface area contributed by atoms with Crippen LogP contribution in [0.25, 0.3) is 0 Å². The van der Waals surface area contributed by atoms with E-state index in [1.54, 1.807) is 26.0 Å². The highest BCUT2D eigenvalue weighted by atomic mass is 35.5. The zero-order chi connectivity index (χ0) is 17.2. The van der Waals surface area contributed by atoms with Gasteiger partial charge in [0.25, 0.3) is 0 Å². The molecule has 7 nitrogen and oxygen atoms in total. The summed E-state index contributed by atoms with van der Waals surface area (Å²) < 4.78 is 9.63. The Morgan fingerprint density at radius 1 is 1.09 bits per heavy atom. The first kappa shape index (κ1) is 18.5. The predicted molar refractivity (Wildman–Crippen MR) is 86.1 cm³/mol. The minimum absolute atomic E-state index is 0.120. The molecule has 8 heteroatoms. The number of nitrogens with one attached hydrogen (secondary N) is 2. The van der Waals surface area contributed by atoms with E-state index >= 15 is 0 Å². The van der Waals surface area contributed by atoms with Crippen LogP contribution in [0.5, 0.6) is 0 Å². The zero-order valence-electron chi connectivity index (χ0n) is 12.7. The van der Waals surface area contributed by atoms with Crippen LogP contribution in [0, 0.1) is 0 Å². The molecule has 1 amide bonds. The Kier molecular flexibility index (Phi) is 7.62. The lowest BCUT2D eigenvalue weighted by Crippen LogP contribution is -2.19. The molecular formula is C15H17ClN2O5. The summed E-state index contributed by atoms with van der Waals surface area (Å²) in [5, 5.41) is 5.64. The van der Waals surface area contributed by atoms with Crippen LogP contribution >= 0.6 is 11.6 Å². The van der Waals surface area contributed by atoms with Crippen LogP contribution in [0.15, 0.2) is 30.0 Å². The number of carbonyl (C=O) groups excluding carboxylic acids is 3. The molecule has 0 aromatic heterocycles. The van der Waals surface area contributed by atoms with E-state index in [4.69, 9.17) is 21.1 Å². The Labute approximate surface area is 138 Å². The van der Waals surface area contributed by atoms with Crippen molar-refractivity contribution in [2.45, 2.75) is 13.8 Å². The molecule has 0 aliphatic carbocycles. The van der Waals surface area contributed by atoms with Crippen LogP contribution in [-0.2, 0) is 23.9 Å². The van der Waals surface area contributed by atoms with Crippen molar-refractivity contribution in [3.8, 4) is 0 Å². The Balaban J connectivity index is 3.06. The highest BCUT2D eigenvalue weighted by molar-refractivity contribution is 6.31. The van der Waals surface area contributed by atoms with E-state index in [9.17, 15) is 14.4 Å². The van der Waals surface area contributed by atoms with E-state index in [-0.39, 0.29) is 18.8 Å². The second-order valence-electron chi connectivity index (χ2n) is 4.10. The molecule has 0 unspecified atom stereocenters. The van der Waals surface area contributed by atoms with Gasteiger partial charge >= 0.3 is 11.9 Å². The van der Waals surface area contributed by atoms with Crippen LogP contribution in [0.2, 0.25) is 5.02 Å². The van der Waals surface area contributed by atoms with Crippen molar-refractivity contribution in [2.24, 2.45) is 0 Å². The number of hydrogen-bond donors (Lipinski definition) is 2. The number of esters is 2. The number of hydrogen-bond acceptors (Lipinski definition) is 6. The summed E-state index contributed by atoms with van der Waals surface area (Å²) in [4.78, 5) is 34.3. The van der Waals surface area contributed by atoms with E-state index in [1.165, 1.54) is 6.07 Å². The lowest BCUT2D eigenvalue weighted by Gasteiger charge is -2.10. The van der Waals surface area contributed by atoms with Gasteiger partial charge in [-0.2, -0.15) is 0 Å². The molecule has 1 rings (SSSR count). The number of ether oxygens (including phenoxy) is 2. The van der Waals surface area contributed by atoms with Gasteiger partial charge in [-0.3, -0.25) is 4.79 Å². The Bertz CT molecular complexity index is 596. The topological polar surface area (TPSA) is 93.7 Å². The third kappa shape index (κ3) is 5.63. The smallest absolute Gasteiger partial charge is 0.347 e. The van der Waals surface area contributed by atoms with Gasteiger partial charge in [-0.05, 0) is 32.0 Å². The van der Waals surface area contributed by atoms with Gasteiger partial charge in [0.1, 0.15) is 0 Å². The molecule has 124 valence electrons. The molecule has 1 aromatic rings. The number of halogens is 1. The maximum Gasteiger partial charge on any atom is 0.347 e. The van der Waals surface area contributed by atoms with E-state index in [0.29, 0.717) is 22.8 Å². The third-order valence-electron chi connectivity index (χ3n) is 2.56. The lowest BCUT2D eigenvalue weighted by molar-refractivity contribution is -0.146. The van der Waals surface area contributed by atoms with Gasteiger partial charge in [0.2, 0.25) is 6.41 Å². The van der Waals surface area contributed by atoms with Crippen molar-refractivity contribution < 1.29 is 23.9 Å². The molecular weight excluding hydrogens is 324 g/mol. The van der Waals surface area contributed by atoms with Crippen molar-refractivity contribution in [1.82, 2.24) is 0 Å². The summed E-state index contributed by atoms with van der Waals surface area (Å²) in [6, 6.07) is 4.68. The Hall–Kier alpha value is -2.54. The van der Waals surface area contributed by atoms with Crippen LogP contribution in [0.1, 0.15) is 13.8 Å². The number of amides is 1. The second-order valence-corrected chi connectivity index (χ2v) is 4.53. The lowest BCUT2D eigenvalue weighted by atomic mass is 10.2. The van der Waals surface area contributed by atoms with Crippen molar-refractivity contribution in [1.29, 1.82) is 0 Å². The minimum atomic E-state index is -0.808. The van der Waals surface area contributed by atoms with Gasteiger partial charge in [-0.25, -0.2) is 9.59 Å². The zero-order valence-corrected chi connectivity index (χ0v) is 13.5. The van der Waals surface area contributed by atoms with E-state index < -0.39 is 11.9 Å². The van der Waals surface area contributed by atoms with E-state index in [0.717, 1.165) is 6.20 Å². The maximum atomic E-state index is 11.8. The first-order chi connectivity index (χ1) is 11.0. The van der Waals surface area contributed by atoms with E-state index in [2.05, 4.69) is 10.6 Å². The van der Waals surface area contributed by atoms with Crippen LogP contribution < -0.4 is 10.6 Å². The summed E-state index contributed by atoms with van der Waals surface area (Å²) >= 11 is 5.85. The number of rotatable bonds is 8. The summed E-state index contributed by atoms with van der Waals surface area (Å²) in [6.45, 7) is 3.49. The summed E-state index contributed by atoms with van der Waals surface area (Å²) in [7, 11) is 0. The summed E-state index contributed by atoms with van der Waals surface area (Å²) in [5.74, 6) is -1.62. The third-order valence-corrected chi connectivity index (χ3v) is 2.79. The average Bonchev–Trinajstić information content (AvgIpc) is 2.50. The highest BCUT2D eigenvalue weighted by Gasteiger charge is 2.21. The molecule has 0 heterocycles. The number of anilines is 2. The van der Waals surface area contributed by atoms with Gasteiger partial charge < -0.3 is 20.1 Å². The molecule has 0 fully saturated rings. The largest absolute Gasteiger partial charge is 0.462 e. The fourth-order valence-corrected chi connectivity index (χ4v) is 1.77. The predicted octanol–water partition coefficient (Wildman–Crippen LogP) is 2.33. The minimum Gasteiger partial charge on any atom is -0.462 e. The van der Waals surface area contributed by atoms with Crippen LogP contribution in [-0.4, -0.2) is 31.6 Å². The standard InChI is InChI=1S/C15H17ClN2O5/c1-3-22-14(20)11(15(21)23-4-2)8-17-12-6-5-10(16)7-13(12)18-9-19/h5-9,17H,3-4H2,1-2H3,(H,18,19). The van der Waals surface area contributed by atoms with Crippen molar-refractivity contribution >= 4 is 41.3 Å². The van der Waals surface area contributed by atoms with Gasteiger partial charge in [-0.15, -0.1) is 0 Å². The maximum absolute atomic E-state index is 11.8. The fourth-order valence-electron chi connectivity index (χ4n) is 1.59. The Morgan fingerprint density at radius 3 is 2.22 bits per heavy atom. The van der Waals surface area contributed by atoms with Crippen LogP contribution in [0.4, 0.5) is 11.4 Å². The Morgan fingerprint density at radius 2 is 1.70 bits per heavy atom. The molecule has 0 bridgehead atoms. The number of benzene rings is 1. The molecule has 0 spiro atoms. The molecule has 1 aromatic carbocycles. The first-order valence-corrected chi connectivity index (χ1v) is 7.21. The molecule has 0 aliphatic heterocycles. The molecule has 0 radical (unpaired) electrons. The van der Waals surface area contributed by atoms with Gasteiger partial charge in [0.05, 0.1) is 24.6 Å². The monoisotopic (exact) mass is 340 g/mol. The van der Waals surface area contributed by atoms with Crippen LogP contribution in [0.3, 0.4) is 0 Å². The fraction of sp³-hybridized carbons (Fsp3) is 0.267. The molecule has 0 atom stereocenters. The van der Waals surface area contributed by atoms with Crippen molar-refractivity contribution in [2.75, 3.05) is 23.8 Å². The molecule has 23 heavy (non-hydrogen) atoms. The summed E-state index contributed by atoms with van der Waals surface area (Å²) in [5.41, 5.74) is 0.532. The second kappa shape index (κ2) is 9.47. The molecule has 0 saturated heterocycles. The van der Waals surface area contributed by atoms with Gasteiger partial charge in [-0.1, -0.05) is 11.6 Å². The van der Waals surface area contributed by atoms with Crippen molar-refractivity contribution in [3.05, 3.63) is 35.0 Å². The number of carbonyl (C=O) groups is 3. The van der Waals surface area contributed by atoms with Gasteiger partial charge in [0, 0.05) is 11.2 Å². The van der Waals surface area contributed by atoms with Crippen molar-refractivity contribution in [3.63, 3.8) is 0 Å². The molecule has 0 aliphatic rings. The molecule has 2 N–H and O–H groups in total. The normalized spacial score (nSPS) is 9.52. The van der Waals surface area contributed by atoms with E-state index in [1.807, 2.05) is 0 Å². The molecule has 0 saturated carbocycles. The average molecular weight is 341 g/mol. The van der Waals surface area contributed by atoms with Gasteiger partial charge in [0.15, 0.2) is 5.57 Å². The highest BCUT2D eigenvalue weighted by Crippen LogP contribution is 2.25. The quantitative estimate of drug-likeness (QED) is 0.248. The summed E-state index contributed by atoms with van der Waals surface area (Å²) in [6.07, 6.45) is 1.65. The SMILES string of the molecule is CCOC(=O)C(=CNc1ccc(Cl)cc1NC=O)C(=O)OCC.